The average molecular weight is 438 g/mol. The van der Waals surface area contributed by atoms with Crippen molar-refractivity contribution in [3.63, 3.8) is 0 Å². The number of carbonyl (C=O) groups excluding carboxylic acids is 1. The minimum absolute atomic E-state index is 0.184. The van der Waals surface area contributed by atoms with Gasteiger partial charge in [-0.25, -0.2) is 17.2 Å². The zero-order chi connectivity index (χ0) is 21.9. The summed E-state index contributed by atoms with van der Waals surface area (Å²) >= 11 is 0. The van der Waals surface area contributed by atoms with Crippen molar-refractivity contribution < 1.29 is 22.0 Å². The third-order valence-corrected chi connectivity index (χ3v) is 6.69. The molecule has 9 heteroatoms. The van der Waals surface area contributed by atoms with Crippen LogP contribution in [0.3, 0.4) is 0 Å². The predicted molar refractivity (Wildman–Crippen MR) is 111 cm³/mol. The van der Waals surface area contributed by atoms with Crippen molar-refractivity contribution in [2.24, 2.45) is 0 Å². The molecule has 0 spiro atoms. The van der Waals surface area contributed by atoms with Gasteiger partial charge in [-0.05, 0) is 62.6 Å². The predicted octanol–water partition coefficient (Wildman–Crippen LogP) is 2.73. The van der Waals surface area contributed by atoms with E-state index in [1.54, 1.807) is 6.07 Å². The fourth-order valence-electron chi connectivity index (χ4n) is 3.63. The van der Waals surface area contributed by atoms with E-state index >= 15 is 0 Å². The van der Waals surface area contributed by atoms with E-state index < -0.39 is 32.7 Å². The van der Waals surface area contributed by atoms with Gasteiger partial charge in [-0.1, -0.05) is 12.1 Å². The highest BCUT2D eigenvalue weighted by Crippen LogP contribution is 2.24. The van der Waals surface area contributed by atoms with Crippen LogP contribution in [0.5, 0.6) is 0 Å². The number of nitrogens with one attached hydrogen (secondary N) is 2. The second-order valence-electron chi connectivity index (χ2n) is 7.50. The maximum atomic E-state index is 13.8. The summed E-state index contributed by atoms with van der Waals surface area (Å²) in [5.74, 6) is -1.66. The van der Waals surface area contributed by atoms with E-state index in [1.165, 1.54) is 31.2 Å². The first kappa shape index (κ1) is 22.2. The Morgan fingerprint density at radius 2 is 1.93 bits per heavy atom. The van der Waals surface area contributed by atoms with Crippen LogP contribution in [0.2, 0.25) is 0 Å². The van der Waals surface area contributed by atoms with Crippen LogP contribution in [0.4, 0.5) is 14.5 Å². The van der Waals surface area contributed by atoms with Gasteiger partial charge in [-0.15, -0.1) is 0 Å². The molecule has 3 rings (SSSR count). The van der Waals surface area contributed by atoms with E-state index in [0.717, 1.165) is 42.8 Å². The molecule has 0 aliphatic carbocycles. The summed E-state index contributed by atoms with van der Waals surface area (Å²) in [6, 6.07) is 8.34. The molecule has 1 heterocycles. The molecule has 6 nitrogen and oxygen atoms in total. The normalized spacial score (nSPS) is 18.1. The average Bonchev–Trinajstić information content (AvgIpc) is 2.68. The number of aryl methyl sites for hydroxylation is 1. The van der Waals surface area contributed by atoms with E-state index in [4.69, 9.17) is 0 Å². The van der Waals surface area contributed by atoms with Gasteiger partial charge in [0.25, 0.3) is 0 Å². The Morgan fingerprint density at radius 3 is 2.63 bits per heavy atom. The van der Waals surface area contributed by atoms with Crippen molar-refractivity contribution in [3.05, 3.63) is 59.7 Å². The molecule has 2 aromatic rings. The molecular formula is C21H25F2N3O3S. The van der Waals surface area contributed by atoms with E-state index in [2.05, 4.69) is 14.9 Å². The molecule has 1 saturated heterocycles. The van der Waals surface area contributed by atoms with Crippen molar-refractivity contribution in [3.8, 4) is 0 Å². The minimum Gasteiger partial charge on any atom is -0.369 e. The van der Waals surface area contributed by atoms with Gasteiger partial charge in [-0.2, -0.15) is 4.72 Å². The van der Waals surface area contributed by atoms with Crippen molar-refractivity contribution in [2.45, 2.75) is 43.7 Å². The zero-order valence-electron chi connectivity index (χ0n) is 16.9. The Bertz CT molecular complexity index is 1030. The summed E-state index contributed by atoms with van der Waals surface area (Å²) in [6.07, 6.45) is 1.58. The molecule has 2 atom stereocenters. The topological polar surface area (TPSA) is 78.5 Å². The Hall–Kier alpha value is -2.52. The molecule has 0 radical (unpaired) electrons. The second-order valence-corrected chi connectivity index (χ2v) is 9.18. The second kappa shape index (κ2) is 9.09. The summed E-state index contributed by atoms with van der Waals surface area (Å²) in [5, 5.41) is 2.86. The summed E-state index contributed by atoms with van der Waals surface area (Å²) in [6.45, 7) is 4.57. The number of anilines is 1. The van der Waals surface area contributed by atoms with Crippen LogP contribution in [0.15, 0.2) is 47.4 Å². The first-order valence-electron chi connectivity index (χ1n) is 9.75. The molecule has 162 valence electrons. The molecular weight excluding hydrogens is 412 g/mol. The van der Waals surface area contributed by atoms with Gasteiger partial charge in [0.15, 0.2) is 0 Å². The molecule has 1 fully saturated rings. The van der Waals surface area contributed by atoms with Gasteiger partial charge < -0.3 is 10.2 Å². The number of hydrogen-bond acceptors (Lipinski definition) is 4. The summed E-state index contributed by atoms with van der Waals surface area (Å²) < 4.78 is 54.2. The van der Waals surface area contributed by atoms with Crippen LogP contribution < -0.4 is 14.9 Å². The lowest BCUT2D eigenvalue weighted by Gasteiger charge is -2.36. The largest absolute Gasteiger partial charge is 0.369 e. The molecule has 0 aromatic heterocycles. The van der Waals surface area contributed by atoms with Gasteiger partial charge >= 0.3 is 0 Å². The third kappa shape index (κ3) is 5.14. The Kier molecular flexibility index (Phi) is 6.72. The maximum absolute atomic E-state index is 13.8. The third-order valence-electron chi connectivity index (χ3n) is 5.12. The fraction of sp³-hybridized carbons (Fsp3) is 0.381. The number of benzene rings is 2. The van der Waals surface area contributed by atoms with Crippen LogP contribution in [-0.4, -0.2) is 39.5 Å². The molecule has 1 unspecified atom stereocenters. The van der Waals surface area contributed by atoms with Crippen LogP contribution in [0.25, 0.3) is 0 Å². The highest BCUT2D eigenvalue weighted by atomic mass is 32.2. The van der Waals surface area contributed by atoms with E-state index in [-0.39, 0.29) is 11.9 Å². The number of carbonyl (C=O) groups is 1. The Balaban J connectivity index is 1.63. The number of rotatable bonds is 6. The number of halogens is 2. The first-order chi connectivity index (χ1) is 14.2. The van der Waals surface area contributed by atoms with Gasteiger partial charge in [0.2, 0.25) is 15.9 Å². The number of piperidine rings is 1. The van der Waals surface area contributed by atoms with Gasteiger partial charge in [0.05, 0.1) is 6.04 Å². The lowest BCUT2D eigenvalue weighted by atomic mass is 10.0. The van der Waals surface area contributed by atoms with Crippen LogP contribution >= 0.6 is 0 Å². The highest BCUT2D eigenvalue weighted by molar-refractivity contribution is 7.89. The number of sulfonamides is 1. The molecule has 0 saturated carbocycles. The Morgan fingerprint density at radius 1 is 1.20 bits per heavy atom. The van der Waals surface area contributed by atoms with E-state index in [1.807, 2.05) is 6.92 Å². The van der Waals surface area contributed by atoms with Crippen molar-refractivity contribution in [1.82, 2.24) is 10.0 Å². The lowest BCUT2D eigenvalue weighted by molar-refractivity contribution is -0.123. The zero-order valence-corrected chi connectivity index (χ0v) is 17.7. The summed E-state index contributed by atoms with van der Waals surface area (Å²) in [7, 11) is -4.17. The van der Waals surface area contributed by atoms with Crippen LogP contribution in [0, 0.1) is 18.6 Å². The standard InChI is InChI=1S/C21H25F2N3O3S/c1-14-12-16(22)9-10-19(14)26-11-5-6-17(13-26)24-21(27)15(2)25-30(28,29)20-8-4-3-7-18(20)23/h3-4,7-10,12,15,17,25H,5-6,11,13H2,1-2H3,(H,24,27)/t15-,17?/m0/s1. The van der Waals surface area contributed by atoms with E-state index in [0.29, 0.717) is 6.54 Å². The van der Waals surface area contributed by atoms with Crippen molar-refractivity contribution in [2.75, 3.05) is 18.0 Å². The highest BCUT2D eigenvalue weighted by Gasteiger charge is 2.28. The lowest BCUT2D eigenvalue weighted by Crippen LogP contribution is -2.53. The molecule has 1 amide bonds. The van der Waals surface area contributed by atoms with Gasteiger partial charge in [-0.3, -0.25) is 4.79 Å². The van der Waals surface area contributed by atoms with E-state index in [9.17, 15) is 22.0 Å². The summed E-state index contributed by atoms with van der Waals surface area (Å²) in [5.41, 5.74) is 1.72. The van der Waals surface area contributed by atoms with Crippen LogP contribution in [-0.2, 0) is 14.8 Å². The van der Waals surface area contributed by atoms with Crippen molar-refractivity contribution in [1.29, 1.82) is 0 Å². The van der Waals surface area contributed by atoms with Crippen molar-refractivity contribution >= 4 is 21.6 Å². The smallest absolute Gasteiger partial charge is 0.244 e. The van der Waals surface area contributed by atoms with Crippen LogP contribution in [0.1, 0.15) is 25.3 Å². The number of nitrogens with zero attached hydrogens (tertiary/aromatic N) is 1. The van der Waals surface area contributed by atoms with Gasteiger partial charge in [0.1, 0.15) is 16.5 Å². The SMILES string of the molecule is Cc1cc(F)ccc1N1CCCC(NC(=O)[C@H](C)NS(=O)(=O)c2ccccc2F)C1. The summed E-state index contributed by atoms with van der Waals surface area (Å²) in [4.78, 5) is 14.1. The monoisotopic (exact) mass is 437 g/mol. The first-order valence-corrected chi connectivity index (χ1v) is 11.2. The molecule has 1 aliphatic rings. The number of hydrogen-bond donors (Lipinski definition) is 2. The quantitative estimate of drug-likeness (QED) is 0.729. The maximum Gasteiger partial charge on any atom is 0.244 e. The number of amides is 1. The minimum atomic E-state index is -4.17. The molecule has 0 bridgehead atoms. The fourth-order valence-corrected chi connectivity index (χ4v) is 4.91. The molecule has 2 aromatic carbocycles. The molecule has 1 aliphatic heterocycles. The molecule has 2 N–H and O–H groups in total. The molecule has 30 heavy (non-hydrogen) atoms. The Labute approximate surface area is 175 Å². The van der Waals surface area contributed by atoms with Gasteiger partial charge in [0, 0.05) is 24.8 Å².